The quantitative estimate of drug-likeness (QED) is 0.488. The average molecular weight is 521 g/mol. The number of carbonyl (C=O) groups is 3. The van der Waals surface area contributed by atoms with Crippen molar-refractivity contribution in [2.24, 2.45) is 0 Å². The summed E-state index contributed by atoms with van der Waals surface area (Å²) in [5, 5.41) is 8.40. The molecule has 11 heteroatoms. The lowest BCUT2D eigenvalue weighted by atomic mass is 9.74. The lowest BCUT2D eigenvalue weighted by Crippen LogP contribution is -2.62. The SMILES string of the molecule is CC1(NC(=O)COc2ccc(Cl)c(F)c2)CC(NC(=O)c2cc(CNC(=O)OC(C)(C)C)ccn2)C1. The number of alkyl carbamates (subject to hydrolysis) is 1. The molecule has 1 fully saturated rings. The summed E-state index contributed by atoms with van der Waals surface area (Å²) in [4.78, 5) is 40.8. The number of carbonyl (C=O) groups excluding carboxylic acids is 3. The first-order valence-corrected chi connectivity index (χ1v) is 11.8. The number of nitrogens with zero attached hydrogens (tertiary/aromatic N) is 1. The van der Waals surface area contributed by atoms with Crippen LogP contribution in [0.4, 0.5) is 9.18 Å². The summed E-state index contributed by atoms with van der Waals surface area (Å²) in [6.45, 7) is 7.11. The van der Waals surface area contributed by atoms with Crippen LogP contribution < -0.4 is 20.7 Å². The summed E-state index contributed by atoms with van der Waals surface area (Å²) < 4.78 is 24.0. The van der Waals surface area contributed by atoms with E-state index in [0.717, 1.165) is 6.07 Å². The highest BCUT2D eigenvalue weighted by molar-refractivity contribution is 6.30. The van der Waals surface area contributed by atoms with E-state index in [-0.39, 0.29) is 47.5 Å². The number of rotatable bonds is 8. The molecule has 0 atom stereocenters. The molecule has 3 amide bonds. The maximum Gasteiger partial charge on any atom is 0.407 e. The molecule has 0 aliphatic heterocycles. The van der Waals surface area contributed by atoms with Crippen molar-refractivity contribution in [1.82, 2.24) is 20.9 Å². The zero-order valence-corrected chi connectivity index (χ0v) is 21.4. The van der Waals surface area contributed by atoms with Crippen LogP contribution in [0.5, 0.6) is 5.75 Å². The molecule has 0 bridgehead atoms. The Hall–Kier alpha value is -3.40. The Kier molecular flexibility index (Phi) is 8.39. The second-order valence-corrected chi connectivity index (χ2v) is 10.4. The smallest absolute Gasteiger partial charge is 0.407 e. The van der Waals surface area contributed by atoms with Gasteiger partial charge >= 0.3 is 6.09 Å². The first-order valence-electron chi connectivity index (χ1n) is 11.4. The van der Waals surface area contributed by atoms with Gasteiger partial charge in [-0.25, -0.2) is 9.18 Å². The number of halogens is 2. The molecule has 36 heavy (non-hydrogen) atoms. The van der Waals surface area contributed by atoms with Gasteiger partial charge in [-0.2, -0.15) is 0 Å². The number of hydrogen-bond donors (Lipinski definition) is 3. The Balaban J connectivity index is 1.42. The van der Waals surface area contributed by atoms with Gasteiger partial charge in [-0.05, 0) is 70.4 Å². The molecule has 1 aliphatic rings. The minimum absolute atomic E-state index is 0.0266. The molecule has 0 radical (unpaired) electrons. The van der Waals surface area contributed by atoms with Crippen molar-refractivity contribution in [3.63, 3.8) is 0 Å². The first-order chi connectivity index (χ1) is 16.8. The van der Waals surface area contributed by atoms with E-state index in [1.54, 1.807) is 32.9 Å². The Labute approximate surface area is 214 Å². The third kappa shape index (κ3) is 8.08. The van der Waals surface area contributed by atoms with Gasteiger partial charge in [0, 0.05) is 30.4 Å². The van der Waals surface area contributed by atoms with Crippen molar-refractivity contribution in [2.45, 2.75) is 64.3 Å². The molecule has 3 rings (SSSR count). The molecule has 1 aromatic heterocycles. The average Bonchev–Trinajstić information content (AvgIpc) is 2.76. The summed E-state index contributed by atoms with van der Waals surface area (Å²) in [6.07, 6.45) is 2.00. The van der Waals surface area contributed by atoms with Crippen LogP contribution in [0.2, 0.25) is 5.02 Å². The Morgan fingerprint density at radius 2 is 1.92 bits per heavy atom. The van der Waals surface area contributed by atoms with E-state index < -0.39 is 23.1 Å². The van der Waals surface area contributed by atoms with Gasteiger partial charge in [0.05, 0.1) is 5.02 Å². The van der Waals surface area contributed by atoms with Gasteiger partial charge in [-0.1, -0.05) is 11.6 Å². The highest BCUT2D eigenvalue weighted by Gasteiger charge is 2.42. The van der Waals surface area contributed by atoms with Gasteiger partial charge in [0.1, 0.15) is 22.9 Å². The minimum Gasteiger partial charge on any atom is -0.484 e. The number of hydrogen-bond acceptors (Lipinski definition) is 6. The van der Waals surface area contributed by atoms with Crippen LogP contribution in [0.1, 0.15) is 56.6 Å². The van der Waals surface area contributed by atoms with Crippen molar-refractivity contribution < 1.29 is 28.2 Å². The number of benzene rings is 1. The summed E-state index contributed by atoms with van der Waals surface area (Å²) in [5.41, 5.74) is -0.184. The van der Waals surface area contributed by atoms with E-state index in [0.29, 0.717) is 18.4 Å². The van der Waals surface area contributed by atoms with Crippen LogP contribution in [0.25, 0.3) is 0 Å². The highest BCUT2D eigenvalue weighted by Crippen LogP contribution is 2.32. The normalized spacial score (nSPS) is 19.0. The maximum atomic E-state index is 13.5. The predicted octanol–water partition coefficient (Wildman–Crippen LogP) is 3.74. The number of pyridine rings is 1. The monoisotopic (exact) mass is 520 g/mol. The topological polar surface area (TPSA) is 119 Å². The third-order valence-corrected chi connectivity index (χ3v) is 5.63. The van der Waals surface area contributed by atoms with Crippen LogP contribution in [-0.2, 0) is 16.1 Å². The van der Waals surface area contributed by atoms with Crippen molar-refractivity contribution in [3.05, 3.63) is 58.6 Å². The van der Waals surface area contributed by atoms with E-state index in [1.807, 2.05) is 6.92 Å². The first kappa shape index (κ1) is 27.2. The van der Waals surface area contributed by atoms with E-state index in [4.69, 9.17) is 21.1 Å². The van der Waals surface area contributed by atoms with Crippen molar-refractivity contribution in [2.75, 3.05) is 6.61 Å². The lowest BCUT2D eigenvalue weighted by molar-refractivity contribution is -0.126. The molecule has 0 unspecified atom stereocenters. The van der Waals surface area contributed by atoms with E-state index in [9.17, 15) is 18.8 Å². The molecular weight excluding hydrogens is 491 g/mol. The van der Waals surface area contributed by atoms with Crippen LogP contribution in [0.3, 0.4) is 0 Å². The lowest BCUT2D eigenvalue weighted by Gasteiger charge is -2.45. The molecule has 3 N–H and O–H groups in total. The number of aromatic nitrogens is 1. The zero-order chi connectivity index (χ0) is 26.5. The predicted molar refractivity (Wildman–Crippen MR) is 131 cm³/mol. The number of ether oxygens (including phenoxy) is 2. The van der Waals surface area contributed by atoms with E-state index >= 15 is 0 Å². The molecule has 0 spiro atoms. The highest BCUT2D eigenvalue weighted by atomic mass is 35.5. The fraction of sp³-hybridized carbons (Fsp3) is 0.440. The Morgan fingerprint density at radius 3 is 2.58 bits per heavy atom. The molecule has 1 aromatic carbocycles. The summed E-state index contributed by atoms with van der Waals surface area (Å²) in [7, 11) is 0. The van der Waals surface area contributed by atoms with Gasteiger partial charge in [-0.3, -0.25) is 14.6 Å². The molecular formula is C25H30ClFN4O5. The molecule has 1 aliphatic carbocycles. The molecule has 1 heterocycles. The molecule has 0 saturated heterocycles. The van der Waals surface area contributed by atoms with Crippen LogP contribution in [0, 0.1) is 5.82 Å². The van der Waals surface area contributed by atoms with Crippen LogP contribution in [0.15, 0.2) is 36.5 Å². The molecule has 2 aromatic rings. The largest absolute Gasteiger partial charge is 0.484 e. The molecule has 194 valence electrons. The standard InChI is InChI=1S/C25H30ClFN4O5/c1-24(2,3)36-23(34)29-13-15-7-8-28-20(9-15)22(33)30-16-11-25(4,12-16)31-21(32)14-35-17-5-6-18(26)19(27)10-17/h5-10,16H,11-14H2,1-4H3,(H,29,34)(H,30,33)(H,31,32). The second-order valence-electron chi connectivity index (χ2n) is 9.96. The van der Waals surface area contributed by atoms with Crippen molar-refractivity contribution >= 4 is 29.5 Å². The van der Waals surface area contributed by atoms with Gasteiger partial charge < -0.3 is 25.4 Å². The summed E-state index contributed by atoms with van der Waals surface area (Å²) in [6, 6.07) is 7.11. The van der Waals surface area contributed by atoms with Crippen LogP contribution in [-0.4, -0.2) is 46.7 Å². The molecule has 1 saturated carbocycles. The fourth-order valence-corrected chi connectivity index (χ4v) is 3.89. The second kappa shape index (κ2) is 11.1. The van der Waals surface area contributed by atoms with Gasteiger partial charge in [0.25, 0.3) is 11.8 Å². The maximum absolute atomic E-state index is 13.5. The van der Waals surface area contributed by atoms with Gasteiger partial charge in [0.15, 0.2) is 6.61 Å². The summed E-state index contributed by atoms with van der Waals surface area (Å²) in [5.74, 6) is -1.13. The number of nitrogens with one attached hydrogen (secondary N) is 3. The molecule has 9 nitrogen and oxygen atoms in total. The van der Waals surface area contributed by atoms with Gasteiger partial charge in [0.2, 0.25) is 0 Å². The van der Waals surface area contributed by atoms with E-state index in [2.05, 4.69) is 20.9 Å². The Morgan fingerprint density at radius 1 is 1.19 bits per heavy atom. The zero-order valence-electron chi connectivity index (χ0n) is 20.6. The van der Waals surface area contributed by atoms with Gasteiger partial charge in [-0.15, -0.1) is 0 Å². The minimum atomic E-state index is -0.626. The summed E-state index contributed by atoms with van der Waals surface area (Å²) >= 11 is 5.63. The van der Waals surface area contributed by atoms with E-state index in [1.165, 1.54) is 18.3 Å². The fourth-order valence-electron chi connectivity index (χ4n) is 3.78. The van der Waals surface area contributed by atoms with Crippen LogP contribution >= 0.6 is 11.6 Å². The van der Waals surface area contributed by atoms with Crippen molar-refractivity contribution in [1.29, 1.82) is 0 Å². The third-order valence-electron chi connectivity index (χ3n) is 5.32. The Bertz CT molecular complexity index is 1130. The van der Waals surface area contributed by atoms with Crippen molar-refractivity contribution in [3.8, 4) is 5.75 Å². The number of amides is 3.